The van der Waals surface area contributed by atoms with E-state index in [0.29, 0.717) is 16.8 Å². The molecular formula is C16H14N2O. The van der Waals surface area contributed by atoms with Gasteiger partial charge < -0.3 is 11.1 Å². The largest absolute Gasteiger partial charge is 0.398 e. The lowest BCUT2D eigenvalue weighted by Crippen LogP contribution is -2.04. The molecule has 0 fully saturated rings. The van der Waals surface area contributed by atoms with Crippen LogP contribution in [0.15, 0.2) is 60.7 Å². The Labute approximate surface area is 111 Å². The summed E-state index contributed by atoms with van der Waals surface area (Å²) in [6, 6.07) is 16.4. The monoisotopic (exact) mass is 250 g/mol. The third-order valence-corrected chi connectivity index (χ3v) is 2.78. The molecule has 0 aliphatic carbocycles. The Morgan fingerprint density at radius 1 is 1.00 bits per heavy atom. The van der Waals surface area contributed by atoms with E-state index in [4.69, 9.17) is 11.1 Å². The van der Waals surface area contributed by atoms with Gasteiger partial charge in [-0.05, 0) is 11.6 Å². The minimum atomic E-state index is 0.226. The Morgan fingerprint density at radius 2 is 1.63 bits per heavy atom. The number of allylic oxidation sites excluding steroid dienone is 1. The normalized spacial score (nSPS) is 11.1. The summed E-state index contributed by atoms with van der Waals surface area (Å²) >= 11 is 0. The molecule has 94 valence electrons. The SMILES string of the molecule is N=C(/C=C(\N)c1ccccc1)c1ccccc1C=O. The molecule has 0 atom stereocenters. The highest BCUT2D eigenvalue weighted by Crippen LogP contribution is 2.12. The zero-order valence-corrected chi connectivity index (χ0v) is 10.3. The van der Waals surface area contributed by atoms with Gasteiger partial charge in [0.1, 0.15) is 0 Å². The lowest BCUT2D eigenvalue weighted by atomic mass is 10.0. The average molecular weight is 250 g/mol. The molecule has 0 amide bonds. The van der Waals surface area contributed by atoms with Crippen molar-refractivity contribution >= 4 is 17.7 Å². The zero-order valence-electron chi connectivity index (χ0n) is 10.3. The van der Waals surface area contributed by atoms with Crippen molar-refractivity contribution in [2.75, 3.05) is 0 Å². The van der Waals surface area contributed by atoms with Crippen LogP contribution in [0.5, 0.6) is 0 Å². The first-order chi connectivity index (χ1) is 9.22. The maximum Gasteiger partial charge on any atom is 0.150 e. The standard InChI is InChI=1S/C16H14N2O/c17-15(12-6-2-1-3-7-12)10-16(18)14-9-5-4-8-13(14)11-19/h1-11,18H,17H2/b15-10-,18-16?. The van der Waals surface area contributed by atoms with E-state index in [2.05, 4.69) is 0 Å². The summed E-state index contributed by atoms with van der Waals surface area (Å²) in [5.41, 5.74) is 8.62. The highest BCUT2D eigenvalue weighted by atomic mass is 16.1. The zero-order chi connectivity index (χ0) is 13.7. The molecule has 0 saturated heterocycles. The van der Waals surface area contributed by atoms with Crippen LogP contribution in [0.25, 0.3) is 5.70 Å². The van der Waals surface area contributed by atoms with Gasteiger partial charge in [-0.25, -0.2) is 0 Å². The van der Waals surface area contributed by atoms with Crippen LogP contribution in [-0.2, 0) is 0 Å². The second-order valence-corrected chi connectivity index (χ2v) is 4.08. The number of benzene rings is 2. The van der Waals surface area contributed by atoms with Gasteiger partial charge in [0.2, 0.25) is 0 Å². The fourth-order valence-corrected chi connectivity index (χ4v) is 1.79. The van der Waals surface area contributed by atoms with E-state index in [1.807, 2.05) is 30.3 Å². The van der Waals surface area contributed by atoms with Gasteiger partial charge in [0.15, 0.2) is 6.29 Å². The molecule has 19 heavy (non-hydrogen) atoms. The first kappa shape index (κ1) is 12.8. The third kappa shape index (κ3) is 2.96. The molecule has 0 spiro atoms. The second kappa shape index (κ2) is 5.78. The van der Waals surface area contributed by atoms with Gasteiger partial charge >= 0.3 is 0 Å². The molecule has 0 aliphatic rings. The van der Waals surface area contributed by atoms with E-state index in [1.54, 1.807) is 30.3 Å². The van der Waals surface area contributed by atoms with Gasteiger partial charge in [0.25, 0.3) is 0 Å². The Kier molecular flexibility index (Phi) is 3.88. The molecule has 3 heteroatoms. The van der Waals surface area contributed by atoms with Crippen LogP contribution in [0.1, 0.15) is 21.5 Å². The van der Waals surface area contributed by atoms with Gasteiger partial charge in [-0.3, -0.25) is 4.79 Å². The number of hydrogen-bond donors (Lipinski definition) is 2. The smallest absolute Gasteiger partial charge is 0.150 e. The van der Waals surface area contributed by atoms with E-state index in [1.165, 1.54) is 0 Å². The van der Waals surface area contributed by atoms with Gasteiger partial charge in [0.05, 0.1) is 5.71 Å². The first-order valence-corrected chi connectivity index (χ1v) is 5.88. The molecule has 3 nitrogen and oxygen atoms in total. The number of nitrogens with one attached hydrogen (secondary N) is 1. The number of nitrogens with two attached hydrogens (primary N) is 1. The van der Waals surface area contributed by atoms with Gasteiger partial charge in [0, 0.05) is 16.8 Å². The van der Waals surface area contributed by atoms with Crippen molar-refractivity contribution in [3.8, 4) is 0 Å². The van der Waals surface area contributed by atoms with Crippen LogP contribution in [-0.4, -0.2) is 12.0 Å². The predicted molar refractivity (Wildman–Crippen MR) is 77.3 cm³/mol. The average Bonchev–Trinajstić information content (AvgIpc) is 2.48. The molecule has 0 radical (unpaired) electrons. The van der Waals surface area contributed by atoms with Crippen molar-refractivity contribution in [1.29, 1.82) is 5.41 Å². The third-order valence-electron chi connectivity index (χ3n) is 2.78. The molecule has 0 aromatic heterocycles. The van der Waals surface area contributed by atoms with Crippen molar-refractivity contribution in [3.63, 3.8) is 0 Å². The highest BCUT2D eigenvalue weighted by Gasteiger charge is 2.05. The first-order valence-electron chi connectivity index (χ1n) is 5.88. The van der Waals surface area contributed by atoms with Crippen LogP contribution < -0.4 is 5.73 Å². The lowest BCUT2D eigenvalue weighted by molar-refractivity contribution is 0.112. The Bertz CT molecular complexity index is 630. The Balaban J connectivity index is 2.33. The molecule has 0 unspecified atom stereocenters. The van der Waals surface area contributed by atoms with E-state index in [9.17, 15) is 4.79 Å². The molecule has 0 saturated carbocycles. The van der Waals surface area contributed by atoms with Crippen LogP contribution >= 0.6 is 0 Å². The maximum atomic E-state index is 10.9. The van der Waals surface area contributed by atoms with Crippen molar-refractivity contribution in [2.24, 2.45) is 5.73 Å². The molecule has 0 bridgehead atoms. The van der Waals surface area contributed by atoms with Gasteiger partial charge in [-0.15, -0.1) is 0 Å². The van der Waals surface area contributed by atoms with Gasteiger partial charge in [-0.2, -0.15) is 0 Å². The van der Waals surface area contributed by atoms with Crippen LogP contribution in [0.3, 0.4) is 0 Å². The van der Waals surface area contributed by atoms with Gasteiger partial charge in [-0.1, -0.05) is 54.6 Å². The fraction of sp³-hybridized carbons (Fsp3) is 0. The van der Waals surface area contributed by atoms with E-state index < -0.39 is 0 Å². The van der Waals surface area contributed by atoms with Crippen LogP contribution in [0, 0.1) is 5.41 Å². The number of carbonyl (C=O) groups is 1. The number of aldehydes is 1. The quantitative estimate of drug-likeness (QED) is 0.647. The van der Waals surface area contributed by atoms with E-state index in [0.717, 1.165) is 11.8 Å². The Morgan fingerprint density at radius 3 is 2.32 bits per heavy atom. The van der Waals surface area contributed by atoms with E-state index in [-0.39, 0.29) is 5.71 Å². The number of rotatable bonds is 4. The second-order valence-electron chi connectivity index (χ2n) is 4.08. The molecular weight excluding hydrogens is 236 g/mol. The molecule has 3 N–H and O–H groups in total. The maximum absolute atomic E-state index is 10.9. The van der Waals surface area contributed by atoms with Crippen molar-refractivity contribution in [3.05, 3.63) is 77.4 Å². The molecule has 0 heterocycles. The van der Waals surface area contributed by atoms with E-state index >= 15 is 0 Å². The molecule has 2 rings (SSSR count). The fourth-order valence-electron chi connectivity index (χ4n) is 1.79. The summed E-state index contributed by atoms with van der Waals surface area (Å²) in [4.78, 5) is 10.9. The summed E-state index contributed by atoms with van der Waals surface area (Å²) in [6.45, 7) is 0. The van der Waals surface area contributed by atoms with Crippen molar-refractivity contribution < 1.29 is 4.79 Å². The molecule has 2 aromatic rings. The molecule has 2 aromatic carbocycles. The lowest BCUT2D eigenvalue weighted by Gasteiger charge is -2.05. The Hall–Kier alpha value is -2.68. The van der Waals surface area contributed by atoms with Crippen molar-refractivity contribution in [1.82, 2.24) is 0 Å². The topological polar surface area (TPSA) is 66.9 Å². The predicted octanol–water partition coefficient (Wildman–Crippen LogP) is 2.87. The summed E-state index contributed by atoms with van der Waals surface area (Å²) in [5, 5.41) is 8.04. The minimum Gasteiger partial charge on any atom is -0.398 e. The van der Waals surface area contributed by atoms with Crippen LogP contribution in [0.2, 0.25) is 0 Å². The number of hydrogen-bond acceptors (Lipinski definition) is 3. The highest BCUT2D eigenvalue weighted by molar-refractivity contribution is 6.13. The summed E-state index contributed by atoms with van der Waals surface area (Å²) < 4.78 is 0. The van der Waals surface area contributed by atoms with Crippen molar-refractivity contribution in [2.45, 2.75) is 0 Å². The summed E-state index contributed by atoms with van der Waals surface area (Å²) in [5.74, 6) is 0. The van der Waals surface area contributed by atoms with Crippen LogP contribution in [0.4, 0.5) is 0 Å². The molecule has 0 aliphatic heterocycles. The summed E-state index contributed by atoms with van der Waals surface area (Å²) in [6.07, 6.45) is 2.31. The summed E-state index contributed by atoms with van der Waals surface area (Å²) in [7, 11) is 0. The minimum absolute atomic E-state index is 0.226. The number of carbonyl (C=O) groups excluding carboxylic acids is 1.